The lowest BCUT2D eigenvalue weighted by Gasteiger charge is -2.26. The highest BCUT2D eigenvalue weighted by Gasteiger charge is 2.25. The van der Waals surface area contributed by atoms with Crippen molar-refractivity contribution < 1.29 is 9.53 Å². The molecule has 1 saturated heterocycles. The van der Waals surface area contributed by atoms with Gasteiger partial charge in [0.15, 0.2) is 0 Å². The highest BCUT2D eigenvalue weighted by atomic mass is 16.6. The van der Waals surface area contributed by atoms with Crippen molar-refractivity contribution >= 4 is 17.0 Å². The van der Waals surface area contributed by atoms with Gasteiger partial charge in [0.1, 0.15) is 5.60 Å². The summed E-state index contributed by atoms with van der Waals surface area (Å²) in [4.78, 5) is 33.0. The molecule has 4 aromatic rings. The van der Waals surface area contributed by atoms with Gasteiger partial charge < -0.3 is 9.64 Å². The molecule has 37 heavy (non-hydrogen) atoms. The summed E-state index contributed by atoms with van der Waals surface area (Å²) < 4.78 is 7.30. The van der Waals surface area contributed by atoms with Crippen molar-refractivity contribution in [3.63, 3.8) is 0 Å². The van der Waals surface area contributed by atoms with Crippen LogP contribution in [0.25, 0.3) is 33.4 Å². The SMILES string of the molecule is CC(C)(C)OC(=O)n1c(-c2cc(-c3ccncc3)n[nH]c2=O)cc2ccc(CCN3CCCCC3)cc21. The number of pyridine rings is 1. The van der Waals surface area contributed by atoms with Crippen LogP contribution in [-0.4, -0.2) is 56.0 Å². The van der Waals surface area contributed by atoms with Crippen LogP contribution in [0.1, 0.15) is 45.6 Å². The highest BCUT2D eigenvalue weighted by Crippen LogP contribution is 2.30. The molecule has 0 amide bonds. The number of hydrogen-bond acceptors (Lipinski definition) is 6. The predicted octanol–water partition coefficient (Wildman–Crippen LogP) is 5.27. The Morgan fingerprint density at radius 1 is 1.03 bits per heavy atom. The van der Waals surface area contributed by atoms with E-state index in [-0.39, 0.29) is 5.56 Å². The molecule has 4 heterocycles. The Balaban J connectivity index is 1.59. The quantitative estimate of drug-likeness (QED) is 0.402. The first-order valence-electron chi connectivity index (χ1n) is 12.9. The summed E-state index contributed by atoms with van der Waals surface area (Å²) in [6, 6.07) is 13.4. The lowest BCUT2D eigenvalue weighted by atomic mass is 10.1. The number of aromatic nitrogens is 4. The van der Waals surface area contributed by atoms with Crippen molar-refractivity contribution in [2.24, 2.45) is 0 Å². The van der Waals surface area contributed by atoms with E-state index < -0.39 is 11.7 Å². The standard InChI is InChI=1S/C29H33N5O3/c1-29(2,3)37-28(36)34-25-17-20(11-16-33-14-5-4-6-15-33)7-8-22(25)18-26(34)23-19-24(31-32-27(23)35)21-9-12-30-13-10-21/h7-10,12-13,17-19H,4-6,11,14-16H2,1-3H3,(H,32,35). The molecule has 0 unspecified atom stereocenters. The number of H-pyrrole nitrogens is 1. The lowest BCUT2D eigenvalue weighted by molar-refractivity contribution is 0.0547. The van der Waals surface area contributed by atoms with Crippen LogP contribution in [0.2, 0.25) is 0 Å². The third-order valence-corrected chi connectivity index (χ3v) is 6.67. The minimum absolute atomic E-state index is 0.346. The van der Waals surface area contributed by atoms with Crippen molar-refractivity contribution in [3.8, 4) is 22.5 Å². The number of aromatic amines is 1. The Morgan fingerprint density at radius 2 is 1.78 bits per heavy atom. The summed E-state index contributed by atoms with van der Waals surface area (Å²) in [6.07, 6.45) is 7.54. The van der Waals surface area contributed by atoms with Gasteiger partial charge in [-0.2, -0.15) is 5.10 Å². The van der Waals surface area contributed by atoms with Gasteiger partial charge in [0.05, 0.1) is 22.5 Å². The van der Waals surface area contributed by atoms with Crippen LogP contribution in [0.15, 0.2) is 59.7 Å². The van der Waals surface area contributed by atoms with E-state index >= 15 is 0 Å². The molecule has 8 heteroatoms. The number of ether oxygens (including phenoxy) is 1. The van der Waals surface area contributed by atoms with Gasteiger partial charge in [-0.3, -0.25) is 9.78 Å². The van der Waals surface area contributed by atoms with Crippen LogP contribution in [0.5, 0.6) is 0 Å². The normalized spacial score (nSPS) is 14.7. The average Bonchev–Trinajstić information content (AvgIpc) is 3.26. The molecular formula is C29H33N5O3. The molecule has 1 aromatic carbocycles. The lowest BCUT2D eigenvalue weighted by Crippen LogP contribution is -2.31. The molecule has 3 aromatic heterocycles. The predicted molar refractivity (Wildman–Crippen MR) is 145 cm³/mol. The van der Waals surface area contributed by atoms with E-state index in [0.717, 1.165) is 48.1 Å². The van der Waals surface area contributed by atoms with E-state index in [4.69, 9.17) is 4.74 Å². The van der Waals surface area contributed by atoms with E-state index in [1.807, 2.05) is 51.1 Å². The molecule has 0 radical (unpaired) electrons. The van der Waals surface area contributed by atoms with E-state index in [1.54, 1.807) is 18.5 Å². The molecule has 0 bridgehead atoms. The van der Waals surface area contributed by atoms with Crippen LogP contribution in [0.3, 0.4) is 0 Å². The molecule has 8 nitrogen and oxygen atoms in total. The van der Waals surface area contributed by atoms with Gasteiger partial charge >= 0.3 is 6.09 Å². The molecular weight excluding hydrogens is 466 g/mol. The number of piperidine rings is 1. The third-order valence-electron chi connectivity index (χ3n) is 6.67. The number of rotatable bonds is 5. The van der Waals surface area contributed by atoms with E-state index in [2.05, 4.69) is 26.1 Å². The van der Waals surface area contributed by atoms with Gasteiger partial charge in [-0.1, -0.05) is 18.6 Å². The fourth-order valence-corrected chi connectivity index (χ4v) is 4.84. The zero-order valence-electron chi connectivity index (χ0n) is 21.7. The van der Waals surface area contributed by atoms with Crippen molar-refractivity contribution in [3.05, 3.63) is 70.8 Å². The highest BCUT2D eigenvalue weighted by molar-refractivity contribution is 5.96. The first-order valence-corrected chi connectivity index (χ1v) is 12.9. The zero-order chi connectivity index (χ0) is 26.0. The maximum absolute atomic E-state index is 13.5. The van der Waals surface area contributed by atoms with Crippen molar-refractivity contribution in [1.82, 2.24) is 24.6 Å². The number of nitrogens with one attached hydrogen (secondary N) is 1. The number of benzene rings is 1. The first-order chi connectivity index (χ1) is 17.8. The minimum Gasteiger partial charge on any atom is -0.443 e. The Labute approximate surface area is 216 Å². The summed E-state index contributed by atoms with van der Waals surface area (Å²) >= 11 is 0. The molecule has 0 saturated carbocycles. The largest absolute Gasteiger partial charge is 0.443 e. The number of nitrogens with zero attached hydrogens (tertiary/aromatic N) is 4. The molecule has 192 valence electrons. The molecule has 1 N–H and O–H groups in total. The van der Waals surface area contributed by atoms with E-state index in [0.29, 0.717) is 17.0 Å². The Kier molecular flexibility index (Phi) is 6.93. The molecule has 0 spiro atoms. The Bertz CT molecular complexity index is 1460. The number of fused-ring (bicyclic) bond motifs is 1. The third kappa shape index (κ3) is 5.64. The van der Waals surface area contributed by atoms with Crippen LogP contribution in [0.4, 0.5) is 4.79 Å². The summed E-state index contributed by atoms with van der Waals surface area (Å²) in [5.74, 6) is 0. The molecule has 5 rings (SSSR count). The minimum atomic E-state index is -0.691. The number of likely N-dealkylation sites (tertiary alicyclic amines) is 1. The van der Waals surface area contributed by atoms with Crippen LogP contribution >= 0.6 is 0 Å². The van der Waals surface area contributed by atoms with Gasteiger partial charge in [-0.05, 0) is 89.0 Å². The van der Waals surface area contributed by atoms with E-state index in [9.17, 15) is 9.59 Å². The molecule has 0 aliphatic carbocycles. The topological polar surface area (TPSA) is 93.1 Å². The number of hydrogen-bond donors (Lipinski definition) is 1. The monoisotopic (exact) mass is 499 g/mol. The van der Waals surface area contributed by atoms with Gasteiger partial charge in [-0.15, -0.1) is 0 Å². The van der Waals surface area contributed by atoms with E-state index in [1.165, 1.54) is 23.8 Å². The second kappa shape index (κ2) is 10.3. The summed E-state index contributed by atoms with van der Waals surface area (Å²) in [5.41, 5.74) is 3.01. The molecule has 1 aliphatic heterocycles. The summed E-state index contributed by atoms with van der Waals surface area (Å²) in [5, 5.41) is 7.67. The Morgan fingerprint density at radius 3 is 2.51 bits per heavy atom. The van der Waals surface area contributed by atoms with Crippen molar-refractivity contribution in [1.29, 1.82) is 0 Å². The smallest absolute Gasteiger partial charge is 0.419 e. The Hall–Kier alpha value is -3.78. The molecule has 1 fully saturated rings. The van der Waals surface area contributed by atoms with Gasteiger partial charge in [0.25, 0.3) is 5.56 Å². The molecule has 1 aliphatic rings. The molecule has 0 atom stereocenters. The van der Waals surface area contributed by atoms with Crippen LogP contribution < -0.4 is 5.56 Å². The van der Waals surface area contributed by atoms with Crippen molar-refractivity contribution in [2.75, 3.05) is 19.6 Å². The maximum Gasteiger partial charge on any atom is 0.419 e. The van der Waals surface area contributed by atoms with Gasteiger partial charge in [0.2, 0.25) is 0 Å². The average molecular weight is 500 g/mol. The maximum atomic E-state index is 13.5. The van der Waals surface area contributed by atoms with Gasteiger partial charge in [-0.25, -0.2) is 14.5 Å². The summed E-state index contributed by atoms with van der Waals surface area (Å²) in [6.45, 7) is 8.78. The van der Waals surface area contributed by atoms with Crippen LogP contribution in [0, 0.1) is 0 Å². The van der Waals surface area contributed by atoms with Crippen LogP contribution in [-0.2, 0) is 11.2 Å². The first kappa shape index (κ1) is 24.9. The summed E-state index contributed by atoms with van der Waals surface area (Å²) in [7, 11) is 0. The van der Waals surface area contributed by atoms with Crippen molar-refractivity contribution in [2.45, 2.75) is 52.1 Å². The van der Waals surface area contributed by atoms with Gasteiger partial charge in [0, 0.05) is 29.9 Å². The number of carbonyl (C=O) groups excluding carboxylic acids is 1. The second-order valence-electron chi connectivity index (χ2n) is 10.6. The number of carbonyl (C=O) groups is 1. The fourth-order valence-electron chi connectivity index (χ4n) is 4.84. The second-order valence-corrected chi connectivity index (χ2v) is 10.6. The fraction of sp³-hybridized carbons (Fsp3) is 0.379. The zero-order valence-corrected chi connectivity index (χ0v) is 21.7.